The quantitative estimate of drug-likeness (QED) is 0.381. The largest absolute Gasteiger partial charge is 0.382 e. The zero-order chi connectivity index (χ0) is 14.9. The molecule has 130 valence electrons. The highest BCUT2D eigenvalue weighted by Crippen LogP contribution is 2.08. The van der Waals surface area contributed by atoms with Crippen molar-refractivity contribution in [2.75, 3.05) is 78.1 Å². The summed E-state index contributed by atoms with van der Waals surface area (Å²) in [5.74, 6) is 3.50. The van der Waals surface area contributed by atoms with Crippen LogP contribution in [-0.2, 0) is 9.47 Å². The van der Waals surface area contributed by atoms with Crippen LogP contribution in [0.5, 0.6) is 0 Å². The molecule has 0 amide bonds. The van der Waals surface area contributed by atoms with E-state index in [1.165, 1.54) is 24.6 Å². The molecular formula is C14H29IN4O2S. The van der Waals surface area contributed by atoms with Gasteiger partial charge in [-0.2, -0.15) is 11.8 Å². The van der Waals surface area contributed by atoms with Gasteiger partial charge in [0.25, 0.3) is 0 Å². The lowest BCUT2D eigenvalue weighted by molar-refractivity contribution is -0.0447. The second-order valence-electron chi connectivity index (χ2n) is 5.32. The van der Waals surface area contributed by atoms with Crippen molar-refractivity contribution in [3.05, 3.63) is 0 Å². The molecule has 2 fully saturated rings. The van der Waals surface area contributed by atoms with Crippen LogP contribution in [0.2, 0.25) is 0 Å². The predicted molar refractivity (Wildman–Crippen MR) is 104 cm³/mol. The number of aliphatic imine (C=N–C) groups is 1. The summed E-state index contributed by atoms with van der Waals surface area (Å²) in [4.78, 5) is 9.18. The summed E-state index contributed by atoms with van der Waals surface area (Å²) in [5, 5.41) is 3.48. The van der Waals surface area contributed by atoms with Gasteiger partial charge < -0.3 is 19.7 Å². The highest BCUT2D eigenvalue weighted by Gasteiger charge is 2.22. The monoisotopic (exact) mass is 444 g/mol. The number of thioether (sulfide) groups is 1. The van der Waals surface area contributed by atoms with Crippen LogP contribution < -0.4 is 5.32 Å². The van der Waals surface area contributed by atoms with Gasteiger partial charge in [-0.05, 0) is 0 Å². The van der Waals surface area contributed by atoms with Crippen molar-refractivity contribution in [2.45, 2.75) is 6.10 Å². The Morgan fingerprint density at radius 3 is 2.82 bits per heavy atom. The van der Waals surface area contributed by atoms with Gasteiger partial charge in [0, 0.05) is 64.9 Å². The van der Waals surface area contributed by atoms with Crippen molar-refractivity contribution in [1.82, 2.24) is 15.1 Å². The third-order valence-corrected chi connectivity index (χ3v) is 4.76. The van der Waals surface area contributed by atoms with E-state index in [0.29, 0.717) is 6.61 Å². The van der Waals surface area contributed by atoms with Gasteiger partial charge in [0.1, 0.15) is 0 Å². The number of hydrogen-bond acceptors (Lipinski definition) is 5. The Labute approximate surface area is 155 Å². The van der Waals surface area contributed by atoms with Crippen LogP contribution in [0.25, 0.3) is 0 Å². The van der Waals surface area contributed by atoms with Crippen LogP contribution in [0, 0.1) is 0 Å². The summed E-state index contributed by atoms with van der Waals surface area (Å²) in [6.07, 6.45) is 0.140. The average molecular weight is 444 g/mol. The minimum atomic E-state index is 0. The van der Waals surface area contributed by atoms with Crippen molar-refractivity contribution in [1.29, 1.82) is 0 Å². The van der Waals surface area contributed by atoms with Crippen LogP contribution >= 0.6 is 35.7 Å². The summed E-state index contributed by atoms with van der Waals surface area (Å²) in [6, 6.07) is 0. The summed E-state index contributed by atoms with van der Waals surface area (Å²) in [7, 11) is 3.56. The van der Waals surface area contributed by atoms with Gasteiger partial charge in [-0.1, -0.05) is 0 Å². The van der Waals surface area contributed by atoms with Gasteiger partial charge >= 0.3 is 0 Å². The van der Waals surface area contributed by atoms with E-state index >= 15 is 0 Å². The van der Waals surface area contributed by atoms with Crippen molar-refractivity contribution in [3.63, 3.8) is 0 Å². The summed E-state index contributed by atoms with van der Waals surface area (Å²) >= 11 is 2.05. The molecule has 6 nitrogen and oxygen atoms in total. The third-order valence-electron chi connectivity index (χ3n) is 3.82. The summed E-state index contributed by atoms with van der Waals surface area (Å²) in [5.41, 5.74) is 0. The highest BCUT2D eigenvalue weighted by molar-refractivity contribution is 14.0. The topological polar surface area (TPSA) is 49.3 Å². The van der Waals surface area contributed by atoms with Gasteiger partial charge in [-0.15, -0.1) is 24.0 Å². The standard InChI is InChI=1S/C14H28N4O2S.HI/c1-15-14(16-3-4-17-6-9-21-10-7-17)18-5-8-20-13(11-18)12-19-2;/h13H,3-12H2,1-2H3,(H,15,16);1H. The normalized spacial score (nSPS) is 24.0. The number of ether oxygens (including phenoxy) is 2. The lowest BCUT2D eigenvalue weighted by atomic mass is 10.3. The minimum absolute atomic E-state index is 0. The molecule has 2 aliphatic heterocycles. The molecule has 0 saturated carbocycles. The van der Waals surface area contributed by atoms with E-state index in [4.69, 9.17) is 9.47 Å². The lowest BCUT2D eigenvalue weighted by Gasteiger charge is -2.35. The second-order valence-corrected chi connectivity index (χ2v) is 6.55. The van der Waals surface area contributed by atoms with E-state index < -0.39 is 0 Å². The van der Waals surface area contributed by atoms with Gasteiger partial charge in [0.2, 0.25) is 0 Å². The lowest BCUT2D eigenvalue weighted by Crippen LogP contribution is -2.52. The SMILES string of the molecule is CN=C(NCCN1CCSCC1)N1CCOC(COC)C1.I. The number of morpholine rings is 1. The van der Waals surface area contributed by atoms with Gasteiger partial charge in [0.05, 0.1) is 19.3 Å². The molecular weight excluding hydrogens is 415 g/mol. The van der Waals surface area contributed by atoms with Crippen LogP contribution in [0.4, 0.5) is 0 Å². The number of halogens is 1. The molecule has 0 radical (unpaired) electrons. The Bertz CT molecular complexity index is 328. The smallest absolute Gasteiger partial charge is 0.193 e. The van der Waals surface area contributed by atoms with Crippen LogP contribution in [0.1, 0.15) is 0 Å². The van der Waals surface area contributed by atoms with Gasteiger partial charge in [-0.25, -0.2) is 0 Å². The average Bonchev–Trinajstić information content (AvgIpc) is 2.53. The molecule has 22 heavy (non-hydrogen) atoms. The molecule has 0 aromatic carbocycles. The van der Waals surface area contributed by atoms with E-state index in [1.807, 2.05) is 7.05 Å². The zero-order valence-corrected chi connectivity index (χ0v) is 16.8. The molecule has 0 bridgehead atoms. The predicted octanol–water partition coefficient (Wildman–Crippen LogP) is 0.576. The molecule has 2 heterocycles. The molecule has 1 N–H and O–H groups in total. The first kappa shape index (κ1) is 20.3. The Balaban J connectivity index is 0.00000242. The van der Waals surface area contributed by atoms with Gasteiger partial charge in [0.15, 0.2) is 5.96 Å². The molecule has 0 aromatic heterocycles. The number of nitrogens with one attached hydrogen (secondary N) is 1. The van der Waals surface area contributed by atoms with E-state index in [0.717, 1.165) is 38.7 Å². The molecule has 0 aromatic rings. The van der Waals surface area contributed by atoms with Crippen molar-refractivity contribution < 1.29 is 9.47 Å². The first-order chi connectivity index (χ1) is 10.3. The maximum Gasteiger partial charge on any atom is 0.193 e. The fraction of sp³-hybridized carbons (Fsp3) is 0.929. The fourth-order valence-electron chi connectivity index (χ4n) is 2.68. The third kappa shape index (κ3) is 6.77. The Kier molecular flexibility index (Phi) is 10.8. The van der Waals surface area contributed by atoms with E-state index in [1.54, 1.807) is 7.11 Å². The Morgan fingerprint density at radius 1 is 1.36 bits per heavy atom. The van der Waals surface area contributed by atoms with Crippen LogP contribution in [0.15, 0.2) is 4.99 Å². The van der Waals surface area contributed by atoms with E-state index in [9.17, 15) is 0 Å². The minimum Gasteiger partial charge on any atom is -0.382 e. The molecule has 0 aliphatic carbocycles. The Morgan fingerprint density at radius 2 is 2.14 bits per heavy atom. The first-order valence-electron chi connectivity index (χ1n) is 7.69. The summed E-state index contributed by atoms with van der Waals surface area (Å²) in [6.45, 7) is 7.55. The molecule has 2 rings (SSSR count). The number of rotatable bonds is 5. The van der Waals surface area contributed by atoms with Crippen molar-refractivity contribution >= 4 is 41.7 Å². The Hall–Kier alpha value is 0.230. The molecule has 1 atom stereocenters. The van der Waals surface area contributed by atoms with Crippen LogP contribution in [0.3, 0.4) is 0 Å². The molecule has 1 unspecified atom stereocenters. The number of methoxy groups -OCH3 is 1. The molecule has 2 saturated heterocycles. The van der Waals surface area contributed by atoms with E-state index in [-0.39, 0.29) is 30.1 Å². The van der Waals surface area contributed by atoms with E-state index in [2.05, 4.69) is 31.9 Å². The maximum absolute atomic E-state index is 5.68. The van der Waals surface area contributed by atoms with Gasteiger partial charge in [-0.3, -0.25) is 9.89 Å². The molecule has 0 spiro atoms. The maximum atomic E-state index is 5.68. The fourth-order valence-corrected chi connectivity index (χ4v) is 3.66. The van der Waals surface area contributed by atoms with Crippen molar-refractivity contribution in [2.24, 2.45) is 4.99 Å². The molecule has 2 aliphatic rings. The number of hydrogen-bond donors (Lipinski definition) is 1. The molecule has 8 heteroatoms. The van der Waals surface area contributed by atoms with Crippen LogP contribution in [-0.4, -0.2) is 100 Å². The van der Waals surface area contributed by atoms with Crippen molar-refractivity contribution in [3.8, 4) is 0 Å². The number of guanidine groups is 1. The first-order valence-corrected chi connectivity index (χ1v) is 8.85. The zero-order valence-electron chi connectivity index (χ0n) is 13.6. The summed E-state index contributed by atoms with van der Waals surface area (Å²) < 4.78 is 10.9. The highest BCUT2D eigenvalue weighted by atomic mass is 127. The second kappa shape index (κ2) is 11.7. The number of nitrogens with zero attached hydrogens (tertiary/aromatic N) is 3.